The zero-order chi connectivity index (χ0) is 38.4. The number of para-hydroxylation sites is 5. The molecule has 11 rings (SSSR count). The second kappa shape index (κ2) is 14.0. The summed E-state index contributed by atoms with van der Waals surface area (Å²) < 4.78 is 2.36. The molecule has 272 valence electrons. The van der Waals surface area contributed by atoms with Gasteiger partial charge in [-0.1, -0.05) is 133 Å². The Labute approximate surface area is 335 Å². The smallest absolute Gasteiger partial charge is 0.0973 e. The fourth-order valence-electron chi connectivity index (χ4n) is 8.27. The van der Waals surface area contributed by atoms with Crippen LogP contribution in [0.1, 0.15) is 0 Å². The molecule has 0 N–H and O–H groups in total. The number of nitrogens with zero attached hydrogens (tertiary/aromatic N) is 5. The monoisotopic (exact) mass is 741 g/mol. The minimum Gasteiger partial charge on any atom is -0.309 e. The molecule has 0 amide bonds. The van der Waals surface area contributed by atoms with E-state index in [4.69, 9.17) is 15.0 Å². The molecule has 5 heteroatoms. The van der Waals surface area contributed by atoms with Crippen LogP contribution in [0.15, 0.2) is 212 Å². The Morgan fingerprint density at radius 2 is 0.879 bits per heavy atom. The van der Waals surface area contributed by atoms with Gasteiger partial charge in [-0.15, -0.1) is 0 Å². The van der Waals surface area contributed by atoms with Crippen molar-refractivity contribution in [3.05, 3.63) is 212 Å². The number of anilines is 3. The van der Waals surface area contributed by atoms with Gasteiger partial charge in [-0.05, 0) is 83.9 Å². The number of hydrogen-bond acceptors (Lipinski definition) is 4. The Hall–Kier alpha value is -7.89. The largest absolute Gasteiger partial charge is 0.309 e. The third-order valence-corrected chi connectivity index (χ3v) is 11.0. The van der Waals surface area contributed by atoms with Crippen molar-refractivity contribution in [2.75, 3.05) is 4.90 Å². The highest BCUT2D eigenvalue weighted by Crippen LogP contribution is 2.41. The van der Waals surface area contributed by atoms with Crippen LogP contribution in [0.2, 0.25) is 0 Å². The molecule has 0 saturated heterocycles. The second-order valence-electron chi connectivity index (χ2n) is 14.5. The normalized spacial score (nSPS) is 11.4. The predicted molar refractivity (Wildman–Crippen MR) is 240 cm³/mol. The summed E-state index contributed by atoms with van der Waals surface area (Å²) in [6.07, 6.45) is 1.86. The van der Waals surface area contributed by atoms with Gasteiger partial charge in [0.25, 0.3) is 0 Å². The zero-order valence-corrected chi connectivity index (χ0v) is 31.4. The maximum Gasteiger partial charge on any atom is 0.0973 e. The van der Waals surface area contributed by atoms with Crippen molar-refractivity contribution in [1.82, 2.24) is 19.5 Å². The van der Waals surface area contributed by atoms with Gasteiger partial charge >= 0.3 is 0 Å². The molecule has 3 aromatic heterocycles. The van der Waals surface area contributed by atoms with E-state index >= 15 is 0 Å². The van der Waals surface area contributed by atoms with E-state index < -0.39 is 0 Å². The molecule has 0 radical (unpaired) electrons. The second-order valence-corrected chi connectivity index (χ2v) is 14.5. The van der Waals surface area contributed by atoms with E-state index in [0.717, 1.165) is 78.3 Å². The van der Waals surface area contributed by atoms with Crippen LogP contribution in [0.25, 0.3) is 83.1 Å². The standard InChI is InChI=1S/C53H35N5/c1-2-12-39(13-3-1)52-53(56-47-19-7-6-18-46(47)55-52)40-27-33-42(34-28-40)57(50-22-10-14-38-15-11-35-54-51(38)50)41-29-23-36(24-30-41)37-25-31-43(32-26-37)58-48-20-8-4-16-44(48)45-17-5-9-21-49(45)58/h1-35H. The average Bonchev–Trinajstić information content (AvgIpc) is 3.64. The molecule has 11 aromatic rings. The number of fused-ring (bicyclic) bond motifs is 5. The average molecular weight is 742 g/mol. The summed E-state index contributed by atoms with van der Waals surface area (Å²) >= 11 is 0. The lowest BCUT2D eigenvalue weighted by Gasteiger charge is -2.27. The highest BCUT2D eigenvalue weighted by atomic mass is 15.1. The summed E-state index contributed by atoms with van der Waals surface area (Å²) in [6.45, 7) is 0. The molecule has 3 heterocycles. The van der Waals surface area contributed by atoms with Crippen molar-refractivity contribution in [2.24, 2.45) is 0 Å². The lowest BCUT2D eigenvalue weighted by molar-refractivity contribution is 1.18. The van der Waals surface area contributed by atoms with Crippen LogP contribution < -0.4 is 4.90 Å². The van der Waals surface area contributed by atoms with Gasteiger partial charge in [0.15, 0.2) is 0 Å². The van der Waals surface area contributed by atoms with Gasteiger partial charge in [-0.2, -0.15) is 0 Å². The van der Waals surface area contributed by atoms with Crippen LogP contribution in [0.5, 0.6) is 0 Å². The van der Waals surface area contributed by atoms with Crippen molar-refractivity contribution < 1.29 is 0 Å². The summed E-state index contributed by atoms with van der Waals surface area (Å²) in [6, 6.07) is 72.4. The maximum atomic E-state index is 5.15. The molecular weight excluding hydrogens is 707 g/mol. The zero-order valence-electron chi connectivity index (χ0n) is 31.4. The molecule has 8 aromatic carbocycles. The van der Waals surface area contributed by atoms with E-state index in [1.54, 1.807) is 0 Å². The Morgan fingerprint density at radius 3 is 1.50 bits per heavy atom. The van der Waals surface area contributed by atoms with E-state index in [1.807, 2.05) is 54.7 Å². The van der Waals surface area contributed by atoms with E-state index in [-0.39, 0.29) is 0 Å². The van der Waals surface area contributed by atoms with Crippen molar-refractivity contribution in [3.8, 4) is 39.3 Å². The number of hydrogen-bond donors (Lipinski definition) is 0. The van der Waals surface area contributed by atoms with Gasteiger partial charge < -0.3 is 9.47 Å². The van der Waals surface area contributed by atoms with Gasteiger partial charge in [0, 0.05) is 50.5 Å². The molecule has 5 nitrogen and oxygen atoms in total. The molecule has 0 fully saturated rings. The van der Waals surface area contributed by atoms with E-state index in [1.165, 1.54) is 21.8 Å². The molecule has 0 aliphatic heterocycles. The van der Waals surface area contributed by atoms with Crippen molar-refractivity contribution >= 4 is 60.8 Å². The molecule has 0 atom stereocenters. The SMILES string of the molecule is c1ccc(-c2nc3ccccc3nc2-c2ccc(N(c3ccc(-c4ccc(-n5c6ccccc6c6ccccc65)cc4)cc3)c3cccc4cccnc34)cc2)cc1. The first kappa shape index (κ1) is 33.4. The summed E-state index contributed by atoms with van der Waals surface area (Å²) in [4.78, 5) is 17.4. The summed E-state index contributed by atoms with van der Waals surface area (Å²) in [5, 5.41) is 3.61. The van der Waals surface area contributed by atoms with Gasteiger partial charge in [0.05, 0.1) is 44.7 Å². The highest BCUT2D eigenvalue weighted by Gasteiger charge is 2.19. The van der Waals surface area contributed by atoms with Crippen LogP contribution in [0.3, 0.4) is 0 Å². The highest BCUT2D eigenvalue weighted by molar-refractivity contribution is 6.09. The van der Waals surface area contributed by atoms with Crippen LogP contribution in [-0.2, 0) is 0 Å². The van der Waals surface area contributed by atoms with Gasteiger partial charge in [-0.3, -0.25) is 4.98 Å². The predicted octanol–water partition coefficient (Wildman–Crippen LogP) is 13.7. The summed E-state index contributed by atoms with van der Waals surface area (Å²) in [7, 11) is 0. The van der Waals surface area contributed by atoms with Gasteiger partial charge in [0.1, 0.15) is 0 Å². The minimum absolute atomic E-state index is 0.850. The summed E-state index contributed by atoms with van der Waals surface area (Å²) in [5.41, 5.74) is 15.3. The number of aromatic nitrogens is 4. The number of benzene rings is 8. The molecule has 0 spiro atoms. The molecule has 0 saturated carbocycles. The number of pyridine rings is 1. The third-order valence-electron chi connectivity index (χ3n) is 11.0. The van der Waals surface area contributed by atoms with Crippen LogP contribution in [0, 0.1) is 0 Å². The molecule has 0 aliphatic rings. The first-order chi connectivity index (χ1) is 28.8. The van der Waals surface area contributed by atoms with Crippen LogP contribution in [-0.4, -0.2) is 19.5 Å². The maximum absolute atomic E-state index is 5.15. The number of rotatable bonds is 7. The minimum atomic E-state index is 0.850. The lowest BCUT2D eigenvalue weighted by atomic mass is 10.0. The quantitative estimate of drug-likeness (QED) is 0.163. The van der Waals surface area contributed by atoms with Crippen LogP contribution >= 0.6 is 0 Å². The molecule has 0 unspecified atom stereocenters. The van der Waals surface area contributed by atoms with E-state index in [9.17, 15) is 0 Å². The molecule has 0 aliphatic carbocycles. The van der Waals surface area contributed by atoms with Gasteiger partial charge in [-0.25, -0.2) is 9.97 Å². The molecular formula is C53H35N5. The third kappa shape index (κ3) is 5.76. The van der Waals surface area contributed by atoms with Crippen molar-refractivity contribution in [1.29, 1.82) is 0 Å². The van der Waals surface area contributed by atoms with Crippen LogP contribution in [0.4, 0.5) is 17.1 Å². The van der Waals surface area contributed by atoms with E-state index in [0.29, 0.717) is 0 Å². The summed E-state index contributed by atoms with van der Waals surface area (Å²) in [5.74, 6) is 0. The Morgan fingerprint density at radius 1 is 0.379 bits per heavy atom. The van der Waals surface area contributed by atoms with Crippen molar-refractivity contribution in [2.45, 2.75) is 0 Å². The first-order valence-corrected chi connectivity index (χ1v) is 19.5. The molecule has 0 bridgehead atoms. The van der Waals surface area contributed by atoms with Crippen molar-refractivity contribution in [3.63, 3.8) is 0 Å². The fourth-order valence-corrected chi connectivity index (χ4v) is 8.27. The lowest BCUT2D eigenvalue weighted by Crippen LogP contribution is -2.11. The first-order valence-electron chi connectivity index (χ1n) is 19.5. The van der Waals surface area contributed by atoms with E-state index in [2.05, 4.69) is 167 Å². The topological polar surface area (TPSA) is 46.8 Å². The molecule has 58 heavy (non-hydrogen) atoms. The fraction of sp³-hybridized carbons (Fsp3) is 0. The Bertz CT molecular complexity index is 3200. The Balaban J connectivity index is 0.976. The van der Waals surface area contributed by atoms with Gasteiger partial charge in [0.2, 0.25) is 0 Å². The Kier molecular flexibility index (Phi) is 8.07.